The van der Waals surface area contributed by atoms with Crippen molar-refractivity contribution < 1.29 is 4.79 Å². The van der Waals surface area contributed by atoms with Gasteiger partial charge in [-0.3, -0.25) is 4.79 Å². The highest BCUT2D eigenvalue weighted by atomic mass is 35.5. The lowest BCUT2D eigenvalue weighted by atomic mass is 10.0. The number of hydrogen-bond donors (Lipinski definition) is 2. The molecule has 1 rings (SSSR count). The summed E-state index contributed by atoms with van der Waals surface area (Å²) in [4.78, 5) is 19.1. The van der Waals surface area contributed by atoms with Gasteiger partial charge in [-0.2, -0.15) is 0 Å². The number of halogens is 2. The molecule has 1 heterocycles. The van der Waals surface area contributed by atoms with Crippen molar-refractivity contribution in [2.24, 2.45) is 11.7 Å². The van der Waals surface area contributed by atoms with E-state index in [4.69, 9.17) is 28.9 Å². The Morgan fingerprint density at radius 2 is 2.06 bits per heavy atom. The minimum atomic E-state index is -0.326. The normalized spacial score (nSPS) is 14.3. The third kappa shape index (κ3) is 3.59. The molecule has 1 aromatic rings. The Bertz CT molecular complexity index is 377. The van der Waals surface area contributed by atoms with Crippen LogP contribution in [-0.4, -0.2) is 21.9 Å². The summed E-state index contributed by atoms with van der Waals surface area (Å²) in [5.41, 5.74) is 5.60. The van der Waals surface area contributed by atoms with E-state index in [1.165, 1.54) is 6.07 Å². The quantitative estimate of drug-likeness (QED) is 0.642. The second-order valence-electron chi connectivity index (χ2n) is 3.48. The van der Waals surface area contributed by atoms with Gasteiger partial charge in [0.05, 0.1) is 5.92 Å². The monoisotopic (exact) mass is 262 g/mol. The van der Waals surface area contributed by atoms with E-state index in [2.05, 4.69) is 15.3 Å². The Morgan fingerprint density at radius 3 is 2.56 bits per heavy atom. The summed E-state index contributed by atoms with van der Waals surface area (Å²) < 4.78 is 0. The third-order valence-electron chi connectivity index (χ3n) is 2.12. The molecule has 0 aliphatic heterocycles. The second-order valence-corrected chi connectivity index (χ2v) is 4.21. The van der Waals surface area contributed by atoms with Gasteiger partial charge < -0.3 is 11.1 Å². The van der Waals surface area contributed by atoms with Gasteiger partial charge >= 0.3 is 0 Å². The SMILES string of the molecule is CC(N)C(C)C(=O)Nc1cc(Cl)nc(Cl)n1. The van der Waals surface area contributed by atoms with Crippen LogP contribution in [0.5, 0.6) is 0 Å². The van der Waals surface area contributed by atoms with E-state index in [0.29, 0.717) is 0 Å². The van der Waals surface area contributed by atoms with Gasteiger partial charge in [0.2, 0.25) is 11.2 Å². The van der Waals surface area contributed by atoms with Gasteiger partial charge in [-0.05, 0) is 18.5 Å². The van der Waals surface area contributed by atoms with Gasteiger partial charge in [-0.15, -0.1) is 0 Å². The molecule has 88 valence electrons. The van der Waals surface area contributed by atoms with Crippen molar-refractivity contribution in [2.45, 2.75) is 19.9 Å². The number of hydrogen-bond acceptors (Lipinski definition) is 4. The minimum Gasteiger partial charge on any atom is -0.327 e. The lowest BCUT2D eigenvalue weighted by Gasteiger charge is -2.14. The molecule has 0 saturated carbocycles. The lowest BCUT2D eigenvalue weighted by molar-refractivity contribution is -0.119. The summed E-state index contributed by atoms with van der Waals surface area (Å²) in [6.07, 6.45) is 0. The molecule has 0 fully saturated rings. The molecule has 16 heavy (non-hydrogen) atoms. The van der Waals surface area contributed by atoms with E-state index >= 15 is 0 Å². The predicted molar refractivity (Wildman–Crippen MR) is 63.5 cm³/mol. The van der Waals surface area contributed by atoms with Crippen LogP contribution in [-0.2, 0) is 4.79 Å². The number of anilines is 1. The molecule has 0 radical (unpaired) electrons. The van der Waals surface area contributed by atoms with Crippen LogP contribution in [0.3, 0.4) is 0 Å². The van der Waals surface area contributed by atoms with Crippen molar-refractivity contribution in [3.63, 3.8) is 0 Å². The van der Waals surface area contributed by atoms with Crippen LogP contribution in [0, 0.1) is 5.92 Å². The summed E-state index contributed by atoms with van der Waals surface area (Å²) >= 11 is 11.3. The van der Waals surface area contributed by atoms with Crippen LogP contribution in [0.1, 0.15) is 13.8 Å². The molecule has 5 nitrogen and oxygen atoms in total. The molecule has 2 atom stereocenters. The molecule has 3 N–H and O–H groups in total. The molecule has 0 aromatic carbocycles. The first-order valence-electron chi connectivity index (χ1n) is 4.66. The summed E-state index contributed by atoms with van der Waals surface area (Å²) in [5, 5.41) is 2.72. The van der Waals surface area contributed by atoms with Crippen LogP contribution < -0.4 is 11.1 Å². The third-order valence-corrected chi connectivity index (χ3v) is 2.48. The van der Waals surface area contributed by atoms with Crippen molar-refractivity contribution in [1.29, 1.82) is 0 Å². The Morgan fingerprint density at radius 1 is 1.44 bits per heavy atom. The number of nitrogens with zero attached hydrogens (tertiary/aromatic N) is 2. The smallest absolute Gasteiger partial charge is 0.229 e. The Kier molecular flexibility index (Phi) is 4.46. The maximum atomic E-state index is 11.6. The van der Waals surface area contributed by atoms with Crippen LogP contribution in [0.15, 0.2) is 6.07 Å². The predicted octanol–water partition coefficient (Wildman–Crippen LogP) is 1.71. The zero-order valence-corrected chi connectivity index (χ0v) is 10.4. The van der Waals surface area contributed by atoms with Gasteiger partial charge in [-0.1, -0.05) is 18.5 Å². The number of amides is 1. The van der Waals surface area contributed by atoms with E-state index in [0.717, 1.165) is 0 Å². The molecule has 1 amide bonds. The van der Waals surface area contributed by atoms with Crippen molar-refractivity contribution in [3.05, 3.63) is 16.5 Å². The zero-order chi connectivity index (χ0) is 12.3. The highest BCUT2D eigenvalue weighted by Crippen LogP contribution is 2.15. The molecule has 7 heteroatoms. The summed E-state index contributed by atoms with van der Waals surface area (Å²) in [7, 11) is 0. The average Bonchev–Trinajstić information content (AvgIpc) is 2.14. The van der Waals surface area contributed by atoms with Gasteiger partial charge in [-0.25, -0.2) is 9.97 Å². The number of aromatic nitrogens is 2. The Balaban J connectivity index is 2.77. The maximum absolute atomic E-state index is 11.6. The number of carbonyl (C=O) groups is 1. The fraction of sp³-hybridized carbons (Fsp3) is 0.444. The highest BCUT2D eigenvalue weighted by molar-refractivity contribution is 6.32. The molecule has 0 spiro atoms. The summed E-state index contributed by atoms with van der Waals surface area (Å²) in [5.74, 6) is -0.296. The summed E-state index contributed by atoms with van der Waals surface area (Å²) in [6, 6.07) is 1.17. The maximum Gasteiger partial charge on any atom is 0.229 e. The fourth-order valence-electron chi connectivity index (χ4n) is 0.933. The molecular weight excluding hydrogens is 251 g/mol. The largest absolute Gasteiger partial charge is 0.327 e. The molecule has 0 aliphatic rings. The van der Waals surface area contributed by atoms with Crippen molar-refractivity contribution in [1.82, 2.24) is 9.97 Å². The molecule has 0 saturated heterocycles. The molecule has 1 aromatic heterocycles. The van der Waals surface area contributed by atoms with E-state index < -0.39 is 0 Å². The Labute approximate surface area is 103 Å². The minimum absolute atomic E-state index is 0.0174. The van der Waals surface area contributed by atoms with Crippen molar-refractivity contribution >= 4 is 34.9 Å². The molecule has 0 bridgehead atoms. The van der Waals surface area contributed by atoms with E-state index in [-0.39, 0.29) is 34.1 Å². The first-order valence-corrected chi connectivity index (χ1v) is 5.42. The van der Waals surface area contributed by atoms with Gasteiger partial charge in [0.15, 0.2) is 0 Å². The number of rotatable bonds is 3. The molecular formula is C9H12Cl2N4O. The topological polar surface area (TPSA) is 80.9 Å². The lowest BCUT2D eigenvalue weighted by Crippen LogP contribution is -2.34. The van der Waals surface area contributed by atoms with Gasteiger partial charge in [0.1, 0.15) is 11.0 Å². The second kappa shape index (κ2) is 5.43. The van der Waals surface area contributed by atoms with Gasteiger partial charge in [0, 0.05) is 12.1 Å². The number of carbonyl (C=O) groups excluding carboxylic acids is 1. The Hall–Kier alpha value is -0.910. The average molecular weight is 263 g/mol. The molecule has 0 aliphatic carbocycles. The van der Waals surface area contributed by atoms with Crippen LogP contribution in [0.2, 0.25) is 10.4 Å². The van der Waals surface area contributed by atoms with Crippen molar-refractivity contribution in [3.8, 4) is 0 Å². The number of nitrogens with one attached hydrogen (secondary N) is 1. The first-order chi connectivity index (χ1) is 7.40. The summed E-state index contributed by atoms with van der Waals surface area (Å²) in [6.45, 7) is 3.48. The molecule has 2 unspecified atom stereocenters. The van der Waals surface area contributed by atoms with Crippen molar-refractivity contribution in [2.75, 3.05) is 5.32 Å². The number of nitrogens with two attached hydrogens (primary N) is 1. The fourth-order valence-corrected chi connectivity index (χ4v) is 1.34. The van der Waals surface area contributed by atoms with E-state index in [9.17, 15) is 4.79 Å². The zero-order valence-electron chi connectivity index (χ0n) is 8.87. The standard InChI is InChI=1S/C9H12Cl2N4O/c1-4(5(2)12)8(16)14-7-3-6(10)13-9(11)15-7/h3-5H,12H2,1-2H3,(H,13,14,15,16). The highest BCUT2D eigenvalue weighted by Gasteiger charge is 2.17. The van der Waals surface area contributed by atoms with Gasteiger partial charge in [0.25, 0.3) is 0 Å². The first kappa shape index (κ1) is 13.2. The van der Waals surface area contributed by atoms with E-state index in [1.54, 1.807) is 13.8 Å². The van der Waals surface area contributed by atoms with Crippen LogP contribution in [0.25, 0.3) is 0 Å². The van der Waals surface area contributed by atoms with Crippen LogP contribution in [0.4, 0.5) is 5.82 Å². The van der Waals surface area contributed by atoms with Crippen LogP contribution >= 0.6 is 23.2 Å². The van der Waals surface area contributed by atoms with E-state index in [1.807, 2.05) is 0 Å².